The average Bonchev–Trinajstić information content (AvgIpc) is 3.38. The fraction of sp³-hybridized carbons (Fsp3) is 0.500. The molecule has 2 saturated carbocycles. The number of benzene rings is 1. The van der Waals surface area contributed by atoms with Gasteiger partial charge >= 0.3 is 5.97 Å². The molecule has 4 nitrogen and oxygen atoms in total. The van der Waals surface area contributed by atoms with Crippen LogP contribution in [0.4, 0.5) is 0 Å². The Morgan fingerprint density at radius 2 is 1.85 bits per heavy atom. The standard InChI is InChI=1S/C16H18O4/c1-19-16(18)14-8-13(14)15(17)11-4-6-12(7-5-11)20-9-10-2-3-10/h4-7,10,13-14H,2-3,8-9H2,1H3/t13-,14+/m0/s1. The predicted octanol–water partition coefficient (Wildman–Crippen LogP) is 2.47. The molecule has 0 spiro atoms. The van der Waals surface area contributed by atoms with Crippen molar-refractivity contribution in [2.24, 2.45) is 17.8 Å². The maximum atomic E-state index is 12.2. The minimum atomic E-state index is -0.285. The van der Waals surface area contributed by atoms with E-state index in [1.54, 1.807) is 12.1 Å². The summed E-state index contributed by atoms with van der Waals surface area (Å²) in [6.45, 7) is 0.764. The van der Waals surface area contributed by atoms with Crippen molar-refractivity contribution in [2.45, 2.75) is 19.3 Å². The molecule has 106 valence electrons. The smallest absolute Gasteiger partial charge is 0.309 e. The fourth-order valence-electron chi connectivity index (χ4n) is 2.32. The van der Waals surface area contributed by atoms with E-state index in [2.05, 4.69) is 4.74 Å². The van der Waals surface area contributed by atoms with Crippen LogP contribution in [-0.2, 0) is 9.53 Å². The lowest BCUT2D eigenvalue weighted by atomic mass is 10.1. The molecule has 2 aliphatic rings. The van der Waals surface area contributed by atoms with Crippen LogP contribution >= 0.6 is 0 Å². The molecule has 0 N–H and O–H groups in total. The fourth-order valence-corrected chi connectivity index (χ4v) is 2.32. The van der Waals surface area contributed by atoms with E-state index < -0.39 is 0 Å². The van der Waals surface area contributed by atoms with Gasteiger partial charge in [-0.15, -0.1) is 0 Å². The lowest BCUT2D eigenvalue weighted by Gasteiger charge is -2.06. The summed E-state index contributed by atoms with van der Waals surface area (Å²) in [6.07, 6.45) is 3.12. The van der Waals surface area contributed by atoms with Gasteiger partial charge in [0, 0.05) is 11.5 Å². The number of methoxy groups -OCH3 is 1. The minimum absolute atomic E-state index is 0.0224. The number of ether oxygens (including phenoxy) is 2. The SMILES string of the molecule is COC(=O)[C@@H]1C[C@@H]1C(=O)c1ccc(OCC2CC2)cc1. The maximum Gasteiger partial charge on any atom is 0.309 e. The first-order valence-corrected chi connectivity index (χ1v) is 7.04. The zero-order chi connectivity index (χ0) is 14.1. The summed E-state index contributed by atoms with van der Waals surface area (Å²) in [4.78, 5) is 23.5. The molecule has 2 aliphatic carbocycles. The third kappa shape index (κ3) is 2.84. The first-order valence-electron chi connectivity index (χ1n) is 7.04. The monoisotopic (exact) mass is 274 g/mol. The summed E-state index contributed by atoms with van der Waals surface area (Å²) < 4.78 is 10.3. The van der Waals surface area contributed by atoms with Crippen LogP contribution in [0.3, 0.4) is 0 Å². The molecule has 0 aromatic heterocycles. The van der Waals surface area contributed by atoms with Crippen LogP contribution in [0.25, 0.3) is 0 Å². The second-order valence-electron chi connectivity index (χ2n) is 5.61. The summed E-state index contributed by atoms with van der Waals surface area (Å²) in [5.41, 5.74) is 0.639. The van der Waals surface area contributed by atoms with Crippen LogP contribution < -0.4 is 4.74 Å². The van der Waals surface area contributed by atoms with Crippen LogP contribution in [0.5, 0.6) is 5.75 Å². The van der Waals surface area contributed by atoms with E-state index in [4.69, 9.17) is 4.74 Å². The van der Waals surface area contributed by atoms with Crippen molar-refractivity contribution in [1.82, 2.24) is 0 Å². The Morgan fingerprint density at radius 1 is 1.15 bits per heavy atom. The van der Waals surface area contributed by atoms with Crippen molar-refractivity contribution in [1.29, 1.82) is 0 Å². The molecule has 0 aliphatic heterocycles. The van der Waals surface area contributed by atoms with Gasteiger partial charge in [0.2, 0.25) is 0 Å². The molecular formula is C16H18O4. The Bertz CT molecular complexity index is 516. The highest BCUT2D eigenvalue weighted by molar-refractivity contribution is 6.02. The van der Waals surface area contributed by atoms with Gasteiger partial charge in [-0.05, 0) is 49.4 Å². The van der Waals surface area contributed by atoms with E-state index >= 15 is 0 Å². The van der Waals surface area contributed by atoms with Crippen molar-refractivity contribution >= 4 is 11.8 Å². The quantitative estimate of drug-likeness (QED) is 0.590. The second-order valence-corrected chi connectivity index (χ2v) is 5.61. The molecular weight excluding hydrogens is 256 g/mol. The van der Waals surface area contributed by atoms with E-state index in [0.29, 0.717) is 17.9 Å². The van der Waals surface area contributed by atoms with Crippen molar-refractivity contribution in [3.8, 4) is 5.75 Å². The molecule has 20 heavy (non-hydrogen) atoms. The van der Waals surface area contributed by atoms with Crippen LogP contribution in [0.15, 0.2) is 24.3 Å². The van der Waals surface area contributed by atoms with Gasteiger partial charge in [-0.1, -0.05) is 0 Å². The Balaban J connectivity index is 1.57. The average molecular weight is 274 g/mol. The molecule has 4 heteroatoms. The highest BCUT2D eigenvalue weighted by Gasteiger charge is 2.48. The van der Waals surface area contributed by atoms with Crippen molar-refractivity contribution in [2.75, 3.05) is 13.7 Å². The number of rotatable bonds is 6. The zero-order valence-corrected chi connectivity index (χ0v) is 11.5. The Kier molecular flexibility index (Phi) is 3.47. The van der Waals surface area contributed by atoms with Gasteiger partial charge in [-0.25, -0.2) is 0 Å². The van der Waals surface area contributed by atoms with Gasteiger partial charge in [-0.3, -0.25) is 9.59 Å². The number of carbonyl (C=O) groups excluding carboxylic acids is 2. The third-order valence-electron chi connectivity index (χ3n) is 3.95. The Labute approximate surface area is 118 Å². The summed E-state index contributed by atoms with van der Waals surface area (Å²) in [7, 11) is 1.36. The number of ketones is 1. The van der Waals surface area contributed by atoms with E-state index in [0.717, 1.165) is 12.4 Å². The predicted molar refractivity (Wildman–Crippen MR) is 72.6 cm³/mol. The van der Waals surface area contributed by atoms with Gasteiger partial charge in [0.05, 0.1) is 19.6 Å². The molecule has 3 rings (SSSR count). The van der Waals surface area contributed by atoms with Gasteiger partial charge in [-0.2, -0.15) is 0 Å². The topological polar surface area (TPSA) is 52.6 Å². The molecule has 2 atom stereocenters. The molecule has 0 bridgehead atoms. The molecule has 0 radical (unpaired) electrons. The largest absolute Gasteiger partial charge is 0.493 e. The first-order chi connectivity index (χ1) is 9.69. The number of hydrogen-bond donors (Lipinski definition) is 0. The van der Waals surface area contributed by atoms with E-state index in [9.17, 15) is 9.59 Å². The molecule has 0 saturated heterocycles. The van der Waals surface area contributed by atoms with Crippen LogP contribution in [0, 0.1) is 17.8 Å². The van der Waals surface area contributed by atoms with Crippen LogP contribution in [0.2, 0.25) is 0 Å². The molecule has 2 fully saturated rings. The van der Waals surface area contributed by atoms with Crippen molar-refractivity contribution < 1.29 is 19.1 Å². The summed E-state index contributed by atoms with van der Waals surface area (Å²) in [5, 5.41) is 0. The number of esters is 1. The van der Waals surface area contributed by atoms with Crippen molar-refractivity contribution in [3.63, 3.8) is 0 Å². The second kappa shape index (κ2) is 5.27. The van der Waals surface area contributed by atoms with Crippen LogP contribution in [0.1, 0.15) is 29.6 Å². The molecule has 0 unspecified atom stereocenters. The minimum Gasteiger partial charge on any atom is -0.493 e. The first kappa shape index (κ1) is 13.2. The lowest BCUT2D eigenvalue weighted by Crippen LogP contribution is -2.10. The van der Waals surface area contributed by atoms with E-state index in [1.165, 1.54) is 20.0 Å². The molecule has 1 aromatic rings. The van der Waals surface area contributed by atoms with Gasteiger partial charge in [0.15, 0.2) is 5.78 Å². The van der Waals surface area contributed by atoms with E-state index in [-0.39, 0.29) is 23.6 Å². The van der Waals surface area contributed by atoms with Gasteiger partial charge in [0.1, 0.15) is 5.75 Å². The Morgan fingerprint density at radius 3 is 2.45 bits per heavy atom. The molecule has 0 heterocycles. The van der Waals surface area contributed by atoms with Crippen molar-refractivity contribution in [3.05, 3.63) is 29.8 Å². The molecule has 0 amide bonds. The van der Waals surface area contributed by atoms with Gasteiger partial charge in [0.25, 0.3) is 0 Å². The lowest BCUT2D eigenvalue weighted by molar-refractivity contribution is -0.142. The Hall–Kier alpha value is -1.84. The highest BCUT2D eigenvalue weighted by Crippen LogP contribution is 2.42. The van der Waals surface area contributed by atoms with Crippen LogP contribution in [-0.4, -0.2) is 25.5 Å². The number of hydrogen-bond acceptors (Lipinski definition) is 4. The van der Waals surface area contributed by atoms with E-state index in [1.807, 2.05) is 12.1 Å². The summed E-state index contributed by atoms with van der Waals surface area (Å²) in [6, 6.07) is 7.20. The molecule has 1 aromatic carbocycles. The number of Topliss-reactive ketones (excluding diaryl/α,β-unsaturated/α-hetero) is 1. The summed E-state index contributed by atoms with van der Waals surface area (Å²) in [5.74, 6) is 0.790. The zero-order valence-electron chi connectivity index (χ0n) is 11.5. The third-order valence-corrected chi connectivity index (χ3v) is 3.95. The summed E-state index contributed by atoms with van der Waals surface area (Å²) >= 11 is 0. The normalized spacial score (nSPS) is 24.1. The highest BCUT2D eigenvalue weighted by atomic mass is 16.5. The van der Waals surface area contributed by atoms with Gasteiger partial charge < -0.3 is 9.47 Å². The maximum absolute atomic E-state index is 12.2. The number of carbonyl (C=O) groups is 2.